The first kappa shape index (κ1) is 13.9. The number of hydrogen-bond donors (Lipinski definition) is 2. The minimum Gasteiger partial charge on any atom is -0.381 e. The molecule has 0 saturated heterocycles. The highest BCUT2D eigenvalue weighted by molar-refractivity contribution is 4.54. The average molecular weight is 202 g/mol. The molecule has 0 aromatic rings. The van der Waals surface area contributed by atoms with Gasteiger partial charge in [-0.2, -0.15) is 0 Å². The van der Waals surface area contributed by atoms with Gasteiger partial charge in [-0.3, -0.25) is 0 Å². The lowest BCUT2D eigenvalue weighted by molar-refractivity contribution is 0.130. The van der Waals surface area contributed by atoms with Gasteiger partial charge in [-0.15, -0.1) is 0 Å². The molecule has 3 N–H and O–H groups in total. The molecule has 0 aromatic carbocycles. The molecule has 0 aliphatic carbocycles. The van der Waals surface area contributed by atoms with Crippen molar-refractivity contribution in [1.29, 1.82) is 0 Å². The first-order valence-electron chi connectivity index (χ1n) is 5.79. The quantitative estimate of drug-likeness (QED) is 0.526. The van der Waals surface area contributed by atoms with Crippen LogP contribution in [0.3, 0.4) is 0 Å². The van der Waals surface area contributed by atoms with Crippen LogP contribution >= 0.6 is 0 Å². The van der Waals surface area contributed by atoms with E-state index in [4.69, 9.17) is 10.5 Å². The monoisotopic (exact) mass is 202 g/mol. The molecule has 0 bridgehead atoms. The largest absolute Gasteiger partial charge is 0.381 e. The Balaban J connectivity index is 2.92. The van der Waals surface area contributed by atoms with E-state index in [1.165, 1.54) is 6.42 Å². The fourth-order valence-corrected chi connectivity index (χ4v) is 1.08. The van der Waals surface area contributed by atoms with E-state index in [-0.39, 0.29) is 0 Å². The van der Waals surface area contributed by atoms with Crippen molar-refractivity contribution in [3.8, 4) is 0 Å². The summed E-state index contributed by atoms with van der Waals surface area (Å²) in [5.74, 6) is 0.785. The fourth-order valence-electron chi connectivity index (χ4n) is 1.08. The Bertz CT molecular complexity index is 109. The second kappa shape index (κ2) is 11.0. The van der Waals surface area contributed by atoms with Crippen molar-refractivity contribution >= 4 is 0 Å². The molecule has 0 fully saturated rings. The van der Waals surface area contributed by atoms with Gasteiger partial charge in [0.2, 0.25) is 0 Å². The smallest absolute Gasteiger partial charge is 0.0478 e. The zero-order chi connectivity index (χ0) is 10.6. The van der Waals surface area contributed by atoms with E-state index in [9.17, 15) is 0 Å². The van der Waals surface area contributed by atoms with Gasteiger partial charge in [-0.25, -0.2) is 0 Å². The Morgan fingerprint density at radius 1 is 1.29 bits per heavy atom. The van der Waals surface area contributed by atoms with Crippen LogP contribution in [0.1, 0.15) is 33.1 Å². The minimum absolute atomic E-state index is 0.728. The number of nitrogens with one attached hydrogen (secondary N) is 1. The molecule has 86 valence electrons. The topological polar surface area (TPSA) is 47.3 Å². The van der Waals surface area contributed by atoms with Crippen LogP contribution in [0, 0.1) is 5.92 Å². The van der Waals surface area contributed by atoms with Crippen molar-refractivity contribution in [3.63, 3.8) is 0 Å². The fraction of sp³-hybridized carbons (Fsp3) is 1.00. The summed E-state index contributed by atoms with van der Waals surface area (Å²) in [6.07, 6.45) is 3.32. The van der Waals surface area contributed by atoms with Crippen LogP contribution in [0.2, 0.25) is 0 Å². The molecule has 1 atom stereocenters. The third-order valence-electron chi connectivity index (χ3n) is 2.32. The molecule has 0 aliphatic rings. The predicted octanol–water partition coefficient (Wildman–Crippen LogP) is 1.38. The summed E-state index contributed by atoms with van der Waals surface area (Å²) in [5, 5.41) is 3.42. The van der Waals surface area contributed by atoms with Gasteiger partial charge in [0.05, 0.1) is 0 Å². The molecule has 14 heavy (non-hydrogen) atoms. The molecule has 0 aliphatic heterocycles. The number of hydrogen-bond acceptors (Lipinski definition) is 3. The van der Waals surface area contributed by atoms with Gasteiger partial charge in [-0.05, 0) is 38.4 Å². The summed E-state index contributed by atoms with van der Waals surface area (Å²) in [6.45, 7) is 9.07. The standard InChI is InChI=1S/C11H26N2O/c1-3-11(2)10-13-7-5-9-14-8-4-6-12/h11,13H,3-10,12H2,1-2H3. The molecule has 0 rings (SSSR count). The molecular weight excluding hydrogens is 176 g/mol. The average Bonchev–Trinajstić information content (AvgIpc) is 2.21. The van der Waals surface area contributed by atoms with E-state index in [0.717, 1.165) is 51.6 Å². The van der Waals surface area contributed by atoms with Crippen molar-refractivity contribution in [2.45, 2.75) is 33.1 Å². The maximum atomic E-state index is 5.39. The summed E-state index contributed by atoms with van der Waals surface area (Å²) >= 11 is 0. The number of ether oxygens (including phenoxy) is 1. The minimum atomic E-state index is 0.728. The molecule has 0 spiro atoms. The lowest BCUT2D eigenvalue weighted by Gasteiger charge is -2.09. The zero-order valence-electron chi connectivity index (χ0n) is 9.72. The van der Waals surface area contributed by atoms with E-state index in [2.05, 4.69) is 19.2 Å². The van der Waals surface area contributed by atoms with E-state index in [1.54, 1.807) is 0 Å². The normalized spacial score (nSPS) is 13.1. The summed E-state index contributed by atoms with van der Waals surface area (Å²) in [6, 6.07) is 0. The summed E-state index contributed by atoms with van der Waals surface area (Å²) < 4.78 is 5.39. The van der Waals surface area contributed by atoms with Gasteiger partial charge in [0.25, 0.3) is 0 Å². The molecule has 0 amide bonds. The molecule has 1 unspecified atom stereocenters. The second-order valence-corrected chi connectivity index (χ2v) is 3.83. The summed E-state index contributed by atoms with van der Waals surface area (Å²) in [4.78, 5) is 0. The first-order chi connectivity index (χ1) is 6.81. The highest BCUT2D eigenvalue weighted by Gasteiger charge is 1.96. The van der Waals surface area contributed by atoms with Crippen molar-refractivity contribution in [1.82, 2.24) is 5.32 Å². The SMILES string of the molecule is CCC(C)CNCCCOCCCN. The van der Waals surface area contributed by atoms with E-state index in [1.807, 2.05) is 0 Å². The molecule has 0 aromatic heterocycles. The van der Waals surface area contributed by atoms with Crippen LogP contribution in [-0.4, -0.2) is 32.8 Å². The third-order valence-corrected chi connectivity index (χ3v) is 2.32. The van der Waals surface area contributed by atoms with Crippen molar-refractivity contribution in [2.24, 2.45) is 11.7 Å². The molecule has 3 nitrogen and oxygen atoms in total. The summed E-state index contributed by atoms with van der Waals surface area (Å²) in [5.41, 5.74) is 5.35. The molecule has 0 radical (unpaired) electrons. The lowest BCUT2D eigenvalue weighted by Crippen LogP contribution is -2.22. The predicted molar refractivity (Wildman–Crippen MR) is 61.4 cm³/mol. The van der Waals surface area contributed by atoms with Crippen molar-refractivity contribution in [2.75, 3.05) is 32.8 Å². The van der Waals surface area contributed by atoms with Crippen LogP contribution in [0.4, 0.5) is 0 Å². The van der Waals surface area contributed by atoms with E-state index in [0.29, 0.717) is 0 Å². The Hall–Kier alpha value is -0.120. The van der Waals surface area contributed by atoms with Crippen LogP contribution in [0.15, 0.2) is 0 Å². The van der Waals surface area contributed by atoms with Crippen LogP contribution in [0.5, 0.6) is 0 Å². The van der Waals surface area contributed by atoms with Gasteiger partial charge >= 0.3 is 0 Å². The van der Waals surface area contributed by atoms with Gasteiger partial charge in [0, 0.05) is 13.2 Å². The van der Waals surface area contributed by atoms with Gasteiger partial charge in [0.1, 0.15) is 0 Å². The Labute approximate surface area is 88.4 Å². The number of nitrogens with two attached hydrogens (primary N) is 1. The molecule has 3 heteroatoms. The zero-order valence-corrected chi connectivity index (χ0v) is 9.72. The highest BCUT2D eigenvalue weighted by Crippen LogP contribution is 1.96. The molecule has 0 heterocycles. The third kappa shape index (κ3) is 9.96. The molecular formula is C11H26N2O. The van der Waals surface area contributed by atoms with Gasteiger partial charge in [-0.1, -0.05) is 20.3 Å². The first-order valence-corrected chi connectivity index (χ1v) is 5.79. The van der Waals surface area contributed by atoms with Crippen LogP contribution < -0.4 is 11.1 Å². The van der Waals surface area contributed by atoms with Crippen molar-refractivity contribution in [3.05, 3.63) is 0 Å². The maximum Gasteiger partial charge on any atom is 0.0478 e. The van der Waals surface area contributed by atoms with E-state index < -0.39 is 0 Å². The van der Waals surface area contributed by atoms with Gasteiger partial charge in [0.15, 0.2) is 0 Å². The Morgan fingerprint density at radius 3 is 2.64 bits per heavy atom. The van der Waals surface area contributed by atoms with Crippen molar-refractivity contribution < 1.29 is 4.74 Å². The van der Waals surface area contributed by atoms with Crippen LogP contribution in [0.25, 0.3) is 0 Å². The van der Waals surface area contributed by atoms with Crippen LogP contribution in [-0.2, 0) is 4.74 Å². The van der Waals surface area contributed by atoms with E-state index >= 15 is 0 Å². The van der Waals surface area contributed by atoms with Gasteiger partial charge < -0.3 is 15.8 Å². The Kier molecular flexibility index (Phi) is 10.9. The summed E-state index contributed by atoms with van der Waals surface area (Å²) in [7, 11) is 0. The number of rotatable bonds is 10. The second-order valence-electron chi connectivity index (χ2n) is 3.83. The molecule has 0 saturated carbocycles. The lowest BCUT2D eigenvalue weighted by atomic mass is 10.1. The maximum absolute atomic E-state index is 5.39. The highest BCUT2D eigenvalue weighted by atomic mass is 16.5. The Morgan fingerprint density at radius 2 is 2.00 bits per heavy atom.